The second-order valence-corrected chi connectivity index (χ2v) is 2.31. The summed E-state index contributed by atoms with van der Waals surface area (Å²) in [5.74, 6) is 0. The second-order valence-electron chi connectivity index (χ2n) is 1.43. The van der Waals surface area contributed by atoms with Crippen LogP contribution in [0.4, 0.5) is 0 Å². The van der Waals surface area contributed by atoms with Crippen LogP contribution < -0.4 is 5.32 Å². The Morgan fingerprint density at radius 1 is 1.80 bits per heavy atom. The van der Waals surface area contributed by atoms with Crippen LogP contribution in [-0.4, -0.2) is 23.9 Å². The summed E-state index contributed by atoms with van der Waals surface area (Å²) in [4.78, 5) is 3.85. The van der Waals surface area contributed by atoms with Gasteiger partial charge in [0, 0.05) is 30.5 Å². The molecule has 0 bridgehead atoms. The molecule has 1 aliphatic rings. The van der Waals surface area contributed by atoms with Crippen LogP contribution in [0.15, 0.2) is 17.6 Å². The Hall–Kier alpha value is 0.563. The molecule has 54 valence electrons. The maximum absolute atomic E-state index is 3.85. The minimum absolute atomic E-state index is 0. The molecule has 0 saturated carbocycles. The molecule has 0 aliphatic carbocycles. The van der Waals surface area contributed by atoms with Gasteiger partial charge >= 0.3 is 0 Å². The molecule has 1 rings (SSSR count). The van der Waals surface area contributed by atoms with Crippen LogP contribution in [0.3, 0.4) is 0 Å². The van der Waals surface area contributed by atoms with Gasteiger partial charge in [0.25, 0.3) is 0 Å². The number of allylic oxidation sites excluding steroid dienone is 1. The predicted octanol–water partition coefficient (Wildman–Crippen LogP) is 1.22. The smallest absolute Gasteiger partial charge is 0.0825 e. The Morgan fingerprint density at radius 3 is 2.50 bits per heavy atom. The summed E-state index contributed by atoms with van der Waals surface area (Å²) in [6.07, 6.45) is 3.60. The zero-order valence-electron chi connectivity index (χ0n) is 6.02. The molecule has 1 N–H and O–H groups in total. The van der Waals surface area contributed by atoms with Gasteiger partial charge in [-0.25, -0.2) is 0 Å². The number of alkyl halides is 1. The van der Waals surface area contributed by atoms with Crippen molar-refractivity contribution in [2.45, 2.75) is 0 Å². The number of nitrogens with zero attached hydrogens (tertiary/aromatic N) is 1. The van der Waals surface area contributed by atoms with E-state index in [9.17, 15) is 0 Å². The van der Waals surface area contributed by atoms with E-state index in [4.69, 9.17) is 0 Å². The molecular formula is C6H11IN2Zn. The molecule has 0 spiro atoms. The first-order chi connectivity index (χ1) is 4.41. The third-order valence-electron chi connectivity index (χ3n) is 0.677. The summed E-state index contributed by atoms with van der Waals surface area (Å²) in [5, 5.41) is 2.93. The van der Waals surface area contributed by atoms with Crippen LogP contribution in [0, 0.1) is 0 Å². The van der Waals surface area contributed by atoms with Gasteiger partial charge in [-0.1, -0.05) is 28.7 Å². The third-order valence-corrected chi connectivity index (χ3v) is 1.30. The number of nitrogens with one attached hydrogen (secondary N) is 1. The average Bonchev–Trinajstić information content (AvgIpc) is 2.43. The monoisotopic (exact) mass is 302 g/mol. The standard InChI is InChI=1S/C3H5I.C3H6N2.Zn/c1-2-3-4;1-2-5-3-4-1;/h2H,1,3H2;3H,1-2H2,(H,4,5);. The van der Waals surface area contributed by atoms with Gasteiger partial charge in [0.15, 0.2) is 0 Å². The Labute approximate surface area is 88.5 Å². The topological polar surface area (TPSA) is 24.4 Å². The van der Waals surface area contributed by atoms with Crippen molar-refractivity contribution in [2.24, 2.45) is 4.99 Å². The van der Waals surface area contributed by atoms with Crippen molar-refractivity contribution in [1.82, 2.24) is 5.32 Å². The van der Waals surface area contributed by atoms with Crippen LogP contribution in [0.2, 0.25) is 0 Å². The van der Waals surface area contributed by atoms with Crippen LogP contribution in [0.5, 0.6) is 0 Å². The predicted molar refractivity (Wildman–Crippen MR) is 50.4 cm³/mol. The van der Waals surface area contributed by atoms with E-state index in [1.54, 1.807) is 6.34 Å². The van der Waals surface area contributed by atoms with E-state index in [-0.39, 0.29) is 19.5 Å². The van der Waals surface area contributed by atoms with Crippen LogP contribution in [-0.2, 0) is 19.5 Å². The zero-order valence-corrected chi connectivity index (χ0v) is 11.1. The molecule has 0 aromatic carbocycles. The fraction of sp³-hybridized carbons (Fsp3) is 0.500. The molecule has 0 fully saturated rings. The van der Waals surface area contributed by atoms with Gasteiger partial charge in [0.05, 0.1) is 12.9 Å². The molecule has 0 radical (unpaired) electrons. The average molecular weight is 303 g/mol. The van der Waals surface area contributed by atoms with E-state index >= 15 is 0 Å². The second kappa shape index (κ2) is 12.3. The Morgan fingerprint density at radius 2 is 2.40 bits per heavy atom. The van der Waals surface area contributed by atoms with E-state index in [1.165, 1.54) is 0 Å². The first kappa shape index (κ1) is 13.2. The van der Waals surface area contributed by atoms with E-state index in [2.05, 4.69) is 39.5 Å². The van der Waals surface area contributed by atoms with Crippen LogP contribution in [0.25, 0.3) is 0 Å². The summed E-state index contributed by atoms with van der Waals surface area (Å²) in [7, 11) is 0. The fourth-order valence-electron chi connectivity index (χ4n) is 0.323. The van der Waals surface area contributed by atoms with Crippen molar-refractivity contribution >= 4 is 28.9 Å². The van der Waals surface area contributed by atoms with Crippen molar-refractivity contribution in [3.8, 4) is 0 Å². The molecule has 10 heavy (non-hydrogen) atoms. The van der Waals surface area contributed by atoms with E-state index < -0.39 is 0 Å². The van der Waals surface area contributed by atoms with Gasteiger partial charge in [0.1, 0.15) is 0 Å². The molecule has 4 heteroatoms. The molecule has 0 amide bonds. The summed E-state index contributed by atoms with van der Waals surface area (Å²) < 4.78 is 1.05. The van der Waals surface area contributed by atoms with Crippen molar-refractivity contribution in [2.75, 3.05) is 17.5 Å². The molecule has 0 aromatic heterocycles. The summed E-state index contributed by atoms with van der Waals surface area (Å²) in [5.41, 5.74) is 0. The number of aliphatic imine (C=N–C) groups is 1. The van der Waals surface area contributed by atoms with Gasteiger partial charge in [0.2, 0.25) is 0 Å². The molecule has 0 unspecified atom stereocenters. The van der Waals surface area contributed by atoms with E-state index in [0.717, 1.165) is 17.5 Å². The molecular weight excluding hydrogens is 292 g/mol. The molecule has 0 aromatic rings. The quantitative estimate of drug-likeness (QED) is 0.335. The van der Waals surface area contributed by atoms with Gasteiger partial charge < -0.3 is 5.32 Å². The fourth-order valence-corrected chi connectivity index (χ4v) is 0.323. The van der Waals surface area contributed by atoms with Gasteiger partial charge in [-0.2, -0.15) is 0 Å². The Bertz CT molecular complexity index is 89.7. The summed E-state index contributed by atoms with van der Waals surface area (Å²) >= 11 is 2.23. The summed E-state index contributed by atoms with van der Waals surface area (Å²) in [6.45, 7) is 5.46. The van der Waals surface area contributed by atoms with Gasteiger partial charge in [-0.3, -0.25) is 4.99 Å². The first-order valence-electron chi connectivity index (χ1n) is 2.80. The Balaban J connectivity index is 0. The van der Waals surface area contributed by atoms with Crippen molar-refractivity contribution in [3.63, 3.8) is 0 Å². The third kappa shape index (κ3) is 11.4. The summed E-state index contributed by atoms with van der Waals surface area (Å²) in [6, 6.07) is 0. The van der Waals surface area contributed by atoms with Crippen molar-refractivity contribution in [3.05, 3.63) is 12.7 Å². The number of hydrogen-bond acceptors (Lipinski definition) is 2. The molecule has 2 nitrogen and oxygen atoms in total. The number of rotatable bonds is 1. The minimum Gasteiger partial charge on any atom is -0.375 e. The largest absolute Gasteiger partial charge is 0.375 e. The Kier molecular flexibility index (Phi) is 16.2. The number of hydrogen-bond donors (Lipinski definition) is 1. The normalized spacial score (nSPS) is 12.1. The van der Waals surface area contributed by atoms with Gasteiger partial charge in [-0.15, -0.1) is 6.58 Å². The van der Waals surface area contributed by atoms with Crippen LogP contribution >= 0.6 is 22.6 Å². The van der Waals surface area contributed by atoms with Crippen molar-refractivity contribution < 1.29 is 19.5 Å². The molecule has 0 atom stereocenters. The number of halogens is 1. The van der Waals surface area contributed by atoms with Crippen LogP contribution in [0.1, 0.15) is 0 Å². The van der Waals surface area contributed by atoms with Crippen molar-refractivity contribution in [1.29, 1.82) is 0 Å². The van der Waals surface area contributed by atoms with E-state index in [0.29, 0.717) is 0 Å². The first-order valence-corrected chi connectivity index (χ1v) is 4.33. The van der Waals surface area contributed by atoms with Gasteiger partial charge in [-0.05, 0) is 0 Å². The molecule has 1 aliphatic heterocycles. The maximum Gasteiger partial charge on any atom is 0.0825 e. The maximum atomic E-state index is 3.85. The molecule has 0 saturated heterocycles. The SMILES string of the molecule is C1=NCCN1.C=CCI.[Zn]. The minimum atomic E-state index is 0. The zero-order chi connectivity index (χ0) is 6.95. The molecule has 1 heterocycles. The van der Waals surface area contributed by atoms with E-state index in [1.807, 2.05) is 6.08 Å².